The molecule has 18 heavy (non-hydrogen) atoms. The molecule has 4 heteroatoms. The zero-order valence-electron chi connectivity index (χ0n) is 10.9. The summed E-state index contributed by atoms with van der Waals surface area (Å²) in [5, 5.41) is 0. The van der Waals surface area contributed by atoms with Gasteiger partial charge in [0, 0.05) is 13.1 Å². The molecule has 0 atom stereocenters. The second-order valence-corrected chi connectivity index (χ2v) is 5.32. The van der Waals surface area contributed by atoms with Crippen LogP contribution in [-0.2, 0) is 0 Å². The van der Waals surface area contributed by atoms with Crippen LogP contribution in [0, 0.1) is 17.6 Å². The van der Waals surface area contributed by atoms with Crippen LogP contribution < -0.4 is 10.6 Å². The number of anilines is 2. The van der Waals surface area contributed by atoms with Crippen LogP contribution in [0.15, 0.2) is 12.1 Å². The number of hydrogen-bond acceptors (Lipinski definition) is 2. The minimum absolute atomic E-state index is 0.203. The SMILES string of the molecule is CC1CCC(N(C)c2c(N)ccc(F)c2F)CC1. The van der Waals surface area contributed by atoms with Gasteiger partial charge in [-0.1, -0.05) is 6.92 Å². The molecule has 0 radical (unpaired) electrons. The Morgan fingerprint density at radius 2 is 1.78 bits per heavy atom. The van der Waals surface area contributed by atoms with Crippen LogP contribution >= 0.6 is 0 Å². The molecule has 0 saturated heterocycles. The lowest BCUT2D eigenvalue weighted by Crippen LogP contribution is -2.36. The third kappa shape index (κ3) is 2.42. The summed E-state index contributed by atoms with van der Waals surface area (Å²) in [4.78, 5) is 1.81. The Morgan fingerprint density at radius 1 is 1.17 bits per heavy atom. The van der Waals surface area contributed by atoms with Crippen molar-refractivity contribution in [3.05, 3.63) is 23.8 Å². The predicted octanol–water partition coefficient (Wildman–Crippen LogP) is 3.56. The molecule has 0 aromatic heterocycles. The molecule has 1 fully saturated rings. The van der Waals surface area contributed by atoms with E-state index < -0.39 is 11.6 Å². The molecule has 2 N–H and O–H groups in total. The van der Waals surface area contributed by atoms with Gasteiger partial charge < -0.3 is 10.6 Å². The zero-order chi connectivity index (χ0) is 13.3. The minimum Gasteiger partial charge on any atom is -0.397 e. The van der Waals surface area contributed by atoms with Crippen molar-refractivity contribution < 1.29 is 8.78 Å². The molecule has 0 unspecified atom stereocenters. The molecular weight excluding hydrogens is 234 g/mol. The first-order valence-corrected chi connectivity index (χ1v) is 6.47. The minimum atomic E-state index is -0.838. The van der Waals surface area contributed by atoms with Crippen molar-refractivity contribution in [1.29, 1.82) is 0 Å². The quantitative estimate of drug-likeness (QED) is 0.818. The zero-order valence-corrected chi connectivity index (χ0v) is 10.9. The Bertz CT molecular complexity index is 426. The molecular formula is C14H20F2N2. The van der Waals surface area contributed by atoms with Gasteiger partial charge >= 0.3 is 0 Å². The maximum absolute atomic E-state index is 13.8. The van der Waals surface area contributed by atoms with E-state index in [0.717, 1.165) is 37.7 Å². The monoisotopic (exact) mass is 254 g/mol. The van der Waals surface area contributed by atoms with Gasteiger partial charge in [0.1, 0.15) is 0 Å². The van der Waals surface area contributed by atoms with Crippen LogP contribution in [0.2, 0.25) is 0 Å². The average Bonchev–Trinajstić information content (AvgIpc) is 2.35. The van der Waals surface area contributed by atoms with Gasteiger partial charge in [0.2, 0.25) is 0 Å². The molecule has 0 aliphatic heterocycles. The Labute approximate surface area is 107 Å². The number of benzene rings is 1. The van der Waals surface area contributed by atoms with E-state index in [-0.39, 0.29) is 11.7 Å². The van der Waals surface area contributed by atoms with E-state index in [1.165, 1.54) is 6.07 Å². The van der Waals surface area contributed by atoms with E-state index >= 15 is 0 Å². The average molecular weight is 254 g/mol. The molecule has 1 aliphatic carbocycles. The highest BCUT2D eigenvalue weighted by Crippen LogP contribution is 2.34. The molecule has 100 valence electrons. The standard InChI is InChI=1S/C14H20F2N2/c1-9-3-5-10(6-4-9)18(2)14-12(17)8-7-11(15)13(14)16/h7-10H,3-6,17H2,1-2H3. The number of nitrogens with zero attached hydrogens (tertiary/aromatic N) is 1. The first-order valence-electron chi connectivity index (χ1n) is 6.47. The van der Waals surface area contributed by atoms with Crippen LogP contribution in [-0.4, -0.2) is 13.1 Å². The van der Waals surface area contributed by atoms with E-state index in [0.29, 0.717) is 5.69 Å². The van der Waals surface area contributed by atoms with Gasteiger partial charge in [-0.15, -0.1) is 0 Å². The highest BCUT2D eigenvalue weighted by molar-refractivity contribution is 5.68. The van der Waals surface area contributed by atoms with Crippen LogP contribution in [0.3, 0.4) is 0 Å². The number of rotatable bonds is 2. The van der Waals surface area contributed by atoms with E-state index in [9.17, 15) is 8.78 Å². The Morgan fingerprint density at radius 3 is 2.39 bits per heavy atom. The first kappa shape index (κ1) is 13.1. The van der Waals surface area contributed by atoms with Crippen molar-refractivity contribution in [2.75, 3.05) is 17.7 Å². The van der Waals surface area contributed by atoms with Gasteiger partial charge in [0.05, 0.1) is 11.4 Å². The fraction of sp³-hybridized carbons (Fsp3) is 0.571. The van der Waals surface area contributed by atoms with Crippen molar-refractivity contribution in [3.8, 4) is 0 Å². The number of hydrogen-bond donors (Lipinski definition) is 1. The van der Waals surface area contributed by atoms with Crippen LogP contribution in [0.25, 0.3) is 0 Å². The topological polar surface area (TPSA) is 29.3 Å². The fourth-order valence-corrected chi connectivity index (χ4v) is 2.73. The Balaban J connectivity index is 2.23. The van der Waals surface area contributed by atoms with Crippen LogP contribution in [0.4, 0.5) is 20.2 Å². The maximum Gasteiger partial charge on any atom is 0.184 e. The smallest absolute Gasteiger partial charge is 0.184 e. The molecule has 2 nitrogen and oxygen atoms in total. The summed E-state index contributed by atoms with van der Waals surface area (Å²) in [5.74, 6) is -0.948. The van der Waals surface area contributed by atoms with Gasteiger partial charge in [-0.3, -0.25) is 0 Å². The lowest BCUT2D eigenvalue weighted by molar-refractivity contribution is 0.339. The molecule has 0 amide bonds. The van der Waals surface area contributed by atoms with Gasteiger partial charge in [0.25, 0.3) is 0 Å². The van der Waals surface area contributed by atoms with Crippen molar-refractivity contribution >= 4 is 11.4 Å². The van der Waals surface area contributed by atoms with Gasteiger partial charge in [-0.2, -0.15) is 0 Å². The van der Waals surface area contributed by atoms with Crippen LogP contribution in [0.5, 0.6) is 0 Å². The molecule has 2 rings (SSSR count). The third-order valence-electron chi connectivity index (χ3n) is 3.99. The van der Waals surface area contributed by atoms with Gasteiger partial charge in [0.15, 0.2) is 11.6 Å². The van der Waals surface area contributed by atoms with Crippen molar-refractivity contribution in [3.63, 3.8) is 0 Å². The highest BCUT2D eigenvalue weighted by atomic mass is 19.2. The fourth-order valence-electron chi connectivity index (χ4n) is 2.73. The van der Waals surface area contributed by atoms with E-state index in [1.807, 2.05) is 0 Å². The molecule has 1 saturated carbocycles. The first-order chi connectivity index (χ1) is 8.50. The summed E-state index contributed by atoms with van der Waals surface area (Å²) >= 11 is 0. The molecule has 0 bridgehead atoms. The summed E-state index contributed by atoms with van der Waals surface area (Å²) in [6.45, 7) is 2.23. The van der Waals surface area contributed by atoms with E-state index in [4.69, 9.17) is 5.73 Å². The number of nitrogens with two attached hydrogens (primary N) is 1. The Kier molecular flexibility index (Phi) is 3.73. The molecule has 1 aromatic rings. The van der Waals surface area contributed by atoms with Crippen molar-refractivity contribution in [2.24, 2.45) is 5.92 Å². The van der Waals surface area contributed by atoms with Crippen LogP contribution in [0.1, 0.15) is 32.6 Å². The lowest BCUT2D eigenvalue weighted by Gasteiger charge is -2.35. The highest BCUT2D eigenvalue weighted by Gasteiger charge is 2.25. The van der Waals surface area contributed by atoms with Gasteiger partial charge in [-0.25, -0.2) is 8.78 Å². The second kappa shape index (κ2) is 5.12. The maximum atomic E-state index is 13.8. The normalized spacial score (nSPS) is 24.0. The number of nitrogen functional groups attached to an aromatic ring is 1. The van der Waals surface area contributed by atoms with E-state index in [1.54, 1.807) is 11.9 Å². The molecule has 1 aromatic carbocycles. The lowest BCUT2D eigenvalue weighted by atomic mass is 9.86. The van der Waals surface area contributed by atoms with Crippen molar-refractivity contribution in [2.45, 2.75) is 38.6 Å². The molecule has 1 aliphatic rings. The largest absolute Gasteiger partial charge is 0.397 e. The summed E-state index contributed by atoms with van der Waals surface area (Å²) in [5.41, 5.74) is 6.28. The van der Waals surface area contributed by atoms with E-state index in [2.05, 4.69) is 6.92 Å². The predicted molar refractivity (Wildman–Crippen MR) is 70.6 cm³/mol. The molecule has 0 spiro atoms. The summed E-state index contributed by atoms with van der Waals surface area (Å²) in [7, 11) is 1.80. The molecule has 0 heterocycles. The number of halogens is 2. The summed E-state index contributed by atoms with van der Waals surface area (Å²) in [6.07, 6.45) is 4.28. The van der Waals surface area contributed by atoms with Gasteiger partial charge in [-0.05, 0) is 43.7 Å². The summed E-state index contributed by atoms with van der Waals surface area (Å²) < 4.78 is 27.1. The third-order valence-corrected chi connectivity index (χ3v) is 3.99. The Hall–Kier alpha value is -1.32. The summed E-state index contributed by atoms with van der Waals surface area (Å²) in [6, 6.07) is 2.75. The second-order valence-electron chi connectivity index (χ2n) is 5.32. The van der Waals surface area contributed by atoms with Crippen molar-refractivity contribution in [1.82, 2.24) is 0 Å².